The molecule has 0 saturated carbocycles. The Morgan fingerprint density at radius 1 is 1.03 bits per heavy atom. The molecule has 0 aliphatic carbocycles. The molecule has 2 aromatic carbocycles. The Bertz CT molecular complexity index is 1170. The van der Waals surface area contributed by atoms with Gasteiger partial charge in [0.1, 0.15) is 11.5 Å². The topological polar surface area (TPSA) is 98.6 Å². The van der Waals surface area contributed by atoms with E-state index in [0.717, 1.165) is 29.8 Å². The summed E-state index contributed by atoms with van der Waals surface area (Å²) in [5.74, 6) is 2.25. The second kappa shape index (κ2) is 11.3. The Hall–Kier alpha value is -3.53. The molecule has 184 valence electrons. The van der Waals surface area contributed by atoms with Crippen LogP contribution < -0.4 is 14.8 Å². The van der Waals surface area contributed by atoms with E-state index in [-0.39, 0.29) is 23.6 Å². The zero-order chi connectivity index (χ0) is 24.8. The summed E-state index contributed by atoms with van der Waals surface area (Å²) in [6, 6.07) is 15.3. The molecule has 10 heteroatoms. The number of para-hydroxylation sites is 1. The Labute approximate surface area is 208 Å². The van der Waals surface area contributed by atoms with Gasteiger partial charge in [-0.05, 0) is 49.2 Å². The molecular formula is C25H29N5O4S. The number of carbonyl (C=O) groups excluding carboxylic acids is 2. The first-order valence-electron chi connectivity index (χ1n) is 11.4. The fourth-order valence-corrected chi connectivity index (χ4v) is 4.83. The van der Waals surface area contributed by atoms with Gasteiger partial charge in [0, 0.05) is 26.1 Å². The van der Waals surface area contributed by atoms with Crippen LogP contribution in [0.1, 0.15) is 19.8 Å². The summed E-state index contributed by atoms with van der Waals surface area (Å²) in [6.07, 6.45) is 1.52. The van der Waals surface area contributed by atoms with Crippen LogP contribution in [0.3, 0.4) is 0 Å². The van der Waals surface area contributed by atoms with Crippen LogP contribution in [0.2, 0.25) is 0 Å². The van der Waals surface area contributed by atoms with Crippen molar-refractivity contribution in [3.05, 3.63) is 48.5 Å². The number of thioether (sulfide) groups is 1. The first kappa shape index (κ1) is 24.6. The van der Waals surface area contributed by atoms with Crippen LogP contribution in [0.25, 0.3) is 17.1 Å². The number of hydrogen-bond donors (Lipinski definition) is 1. The monoisotopic (exact) mass is 495 g/mol. The van der Waals surface area contributed by atoms with Crippen molar-refractivity contribution in [1.82, 2.24) is 25.0 Å². The molecule has 4 rings (SSSR count). The highest BCUT2D eigenvalue weighted by atomic mass is 32.2. The summed E-state index contributed by atoms with van der Waals surface area (Å²) in [6.45, 7) is 2.91. The lowest BCUT2D eigenvalue weighted by Gasteiger charge is -2.31. The predicted octanol–water partition coefficient (Wildman–Crippen LogP) is 3.17. The molecule has 1 aliphatic rings. The molecule has 0 bridgehead atoms. The average molecular weight is 496 g/mol. The zero-order valence-corrected chi connectivity index (χ0v) is 20.9. The number of aromatic nitrogens is 3. The molecule has 2 heterocycles. The first-order chi connectivity index (χ1) is 17.0. The summed E-state index contributed by atoms with van der Waals surface area (Å²) in [7, 11) is 3.24. The lowest BCUT2D eigenvalue weighted by Crippen LogP contribution is -2.46. The standard InChI is InChI=1S/C25H29N5O4S/c1-17(31)29-14-12-18(13-15-29)26-23(32)16-35-25-28-27-24(21-6-4-5-7-22(21)34-3)30(25)19-8-10-20(33-2)11-9-19/h4-11,18H,12-16H2,1-3H3,(H,26,32). The van der Waals surface area contributed by atoms with Gasteiger partial charge in [0.2, 0.25) is 11.8 Å². The van der Waals surface area contributed by atoms with E-state index in [1.54, 1.807) is 21.1 Å². The van der Waals surface area contributed by atoms with Crippen molar-refractivity contribution in [3.63, 3.8) is 0 Å². The Morgan fingerprint density at radius 3 is 2.40 bits per heavy atom. The smallest absolute Gasteiger partial charge is 0.230 e. The van der Waals surface area contributed by atoms with E-state index in [9.17, 15) is 9.59 Å². The molecule has 35 heavy (non-hydrogen) atoms. The van der Waals surface area contributed by atoms with Gasteiger partial charge >= 0.3 is 0 Å². The van der Waals surface area contributed by atoms with Crippen LogP contribution in [-0.2, 0) is 9.59 Å². The van der Waals surface area contributed by atoms with Crippen LogP contribution in [0, 0.1) is 0 Å². The Kier molecular flexibility index (Phi) is 7.91. The largest absolute Gasteiger partial charge is 0.497 e. The maximum Gasteiger partial charge on any atom is 0.230 e. The van der Waals surface area contributed by atoms with E-state index in [4.69, 9.17) is 9.47 Å². The number of likely N-dealkylation sites (tertiary alicyclic amines) is 1. The number of amides is 2. The summed E-state index contributed by atoms with van der Waals surface area (Å²) in [4.78, 5) is 26.0. The van der Waals surface area contributed by atoms with Gasteiger partial charge in [0.05, 0.1) is 31.2 Å². The number of benzene rings is 2. The van der Waals surface area contributed by atoms with Crippen LogP contribution in [0.4, 0.5) is 0 Å². The maximum absolute atomic E-state index is 12.7. The minimum absolute atomic E-state index is 0.0700. The molecule has 1 N–H and O–H groups in total. The van der Waals surface area contributed by atoms with Gasteiger partial charge in [-0.1, -0.05) is 23.9 Å². The summed E-state index contributed by atoms with van der Waals surface area (Å²) in [5, 5.41) is 12.5. The molecule has 1 aliphatic heterocycles. The van der Waals surface area contributed by atoms with Gasteiger partial charge in [-0.15, -0.1) is 10.2 Å². The number of piperidine rings is 1. The normalized spacial score (nSPS) is 14.0. The molecule has 0 radical (unpaired) electrons. The van der Waals surface area contributed by atoms with Crippen molar-refractivity contribution < 1.29 is 19.1 Å². The third-order valence-electron chi connectivity index (χ3n) is 5.95. The number of carbonyl (C=O) groups is 2. The van der Waals surface area contributed by atoms with Gasteiger partial charge < -0.3 is 19.7 Å². The van der Waals surface area contributed by atoms with Gasteiger partial charge in [0.15, 0.2) is 11.0 Å². The molecular weight excluding hydrogens is 466 g/mol. The lowest BCUT2D eigenvalue weighted by atomic mass is 10.1. The number of hydrogen-bond acceptors (Lipinski definition) is 7. The third kappa shape index (κ3) is 5.76. The van der Waals surface area contributed by atoms with Crippen molar-refractivity contribution in [2.45, 2.75) is 31.0 Å². The Balaban J connectivity index is 1.53. The van der Waals surface area contributed by atoms with Crippen LogP contribution in [0.5, 0.6) is 11.5 Å². The quantitative estimate of drug-likeness (QED) is 0.479. The minimum Gasteiger partial charge on any atom is -0.497 e. The SMILES string of the molecule is COc1ccc(-n2c(SCC(=O)NC3CCN(C(C)=O)CC3)nnc2-c2ccccc2OC)cc1. The van der Waals surface area contributed by atoms with E-state index < -0.39 is 0 Å². The molecule has 1 saturated heterocycles. The highest BCUT2D eigenvalue weighted by Gasteiger charge is 2.23. The van der Waals surface area contributed by atoms with Gasteiger partial charge in [-0.3, -0.25) is 14.2 Å². The lowest BCUT2D eigenvalue weighted by molar-refractivity contribution is -0.130. The molecule has 1 aromatic heterocycles. The number of rotatable bonds is 8. The second-order valence-electron chi connectivity index (χ2n) is 8.18. The molecule has 1 fully saturated rings. The molecule has 3 aromatic rings. The zero-order valence-electron chi connectivity index (χ0n) is 20.1. The highest BCUT2D eigenvalue weighted by Crippen LogP contribution is 2.33. The van der Waals surface area contributed by atoms with E-state index in [1.807, 2.05) is 58.0 Å². The van der Waals surface area contributed by atoms with Crippen molar-refractivity contribution in [2.24, 2.45) is 0 Å². The minimum atomic E-state index is -0.0700. The van der Waals surface area contributed by atoms with Crippen molar-refractivity contribution in [2.75, 3.05) is 33.1 Å². The van der Waals surface area contributed by atoms with Crippen LogP contribution in [-0.4, -0.2) is 70.6 Å². The molecule has 2 amide bonds. The van der Waals surface area contributed by atoms with Crippen LogP contribution in [0.15, 0.2) is 53.7 Å². The van der Waals surface area contributed by atoms with E-state index in [2.05, 4.69) is 15.5 Å². The summed E-state index contributed by atoms with van der Waals surface area (Å²) < 4.78 is 12.8. The van der Waals surface area contributed by atoms with Gasteiger partial charge in [-0.2, -0.15) is 0 Å². The highest BCUT2D eigenvalue weighted by molar-refractivity contribution is 7.99. The number of methoxy groups -OCH3 is 2. The summed E-state index contributed by atoms with van der Waals surface area (Å²) >= 11 is 1.32. The maximum atomic E-state index is 12.7. The fourth-order valence-electron chi connectivity index (χ4n) is 4.07. The number of ether oxygens (including phenoxy) is 2. The molecule has 0 atom stereocenters. The molecule has 9 nitrogen and oxygen atoms in total. The third-order valence-corrected chi connectivity index (χ3v) is 6.88. The molecule has 0 spiro atoms. The van der Waals surface area contributed by atoms with Crippen molar-refractivity contribution in [3.8, 4) is 28.6 Å². The van der Waals surface area contributed by atoms with Gasteiger partial charge in [-0.25, -0.2) is 0 Å². The van der Waals surface area contributed by atoms with Crippen LogP contribution >= 0.6 is 11.8 Å². The predicted molar refractivity (Wildman–Crippen MR) is 134 cm³/mol. The second-order valence-corrected chi connectivity index (χ2v) is 9.12. The summed E-state index contributed by atoms with van der Waals surface area (Å²) in [5.41, 5.74) is 1.64. The fraction of sp³-hybridized carbons (Fsp3) is 0.360. The number of nitrogens with zero attached hydrogens (tertiary/aromatic N) is 4. The Morgan fingerprint density at radius 2 is 1.74 bits per heavy atom. The van der Waals surface area contributed by atoms with Crippen molar-refractivity contribution in [1.29, 1.82) is 0 Å². The number of nitrogens with one attached hydrogen (secondary N) is 1. The average Bonchev–Trinajstić information content (AvgIpc) is 3.31. The molecule has 0 unspecified atom stereocenters. The van der Waals surface area contributed by atoms with Crippen molar-refractivity contribution >= 4 is 23.6 Å². The van der Waals surface area contributed by atoms with E-state index >= 15 is 0 Å². The van der Waals surface area contributed by atoms with E-state index in [1.165, 1.54) is 11.8 Å². The first-order valence-corrected chi connectivity index (χ1v) is 12.4. The van der Waals surface area contributed by atoms with Gasteiger partial charge in [0.25, 0.3) is 0 Å². The van der Waals surface area contributed by atoms with E-state index in [0.29, 0.717) is 29.8 Å².